The number of rotatable bonds is 3. The van der Waals surface area contributed by atoms with Crippen LogP contribution in [-0.4, -0.2) is 9.78 Å². The summed E-state index contributed by atoms with van der Waals surface area (Å²) in [4.78, 5) is 1.13. The molecule has 16 heavy (non-hydrogen) atoms. The zero-order valence-corrected chi connectivity index (χ0v) is 10.3. The van der Waals surface area contributed by atoms with Crippen molar-refractivity contribution in [2.75, 3.05) is 5.73 Å². The number of benzene rings is 1. The first kappa shape index (κ1) is 11.1. The third-order valence-corrected chi connectivity index (χ3v) is 3.42. The van der Waals surface area contributed by atoms with E-state index in [-0.39, 0.29) is 0 Å². The van der Waals surface area contributed by atoms with E-state index in [0.717, 1.165) is 22.0 Å². The molecule has 0 aliphatic carbocycles. The van der Waals surface area contributed by atoms with Gasteiger partial charge in [0.1, 0.15) is 0 Å². The molecule has 0 amide bonds. The van der Waals surface area contributed by atoms with Gasteiger partial charge in [0.15, 0.2) is 0 Å². The van der Waals surface area contributed by atoms with Gasteiger partial charge < -0.3 is 5.73 Å². The number of nitrogens with zero attached hydrogens (tertiary/aromatic N) is 2. The summed E-state index contributed by atoms with van der Waals surface area (Å²) in [6.45, 7) is 2.07. The Morgan fingerprint density at radius 1 is 1.38 bits per heavy atom. The maximum atomic E-state index is 5.91. The minimum atomic E-state index is 0.839. The van der Waals surface area contributed by atoms with Crippen LogP contribution in [0.5, 0.6) is 0 Å². The first-order chi connectivity index (χ1) is 7.65. The van der Waals surface area contributed by atoms with E-state index in [2.05, 4.69) is 18.1 Å². The number of anilines is 1. The lowest BCUT2D eigenvalue weighted by atomic mass is 10.2. The maximum absolute atomic E-state index is 5.91. The number of thioether (sulfide) groups is 1. The second kappa shape index (κ2) is 4.61. The van der Waals surface area contributed by atoms with Gasteiger partial charge in [0, 0.05) is 29.6 Å². The predicted molar refractivity (Wildman–Crippen MR) is 68.4 cm³/mol. The summed E-state index contributed by atoms with van der Waals surface area (Å²) >= 11 is 1.73. The molecule has 0 spiro atoms. The Labute approximate surface area is 99.7 Å². The molecule has 2 N–H and O–H groups in total. The van der Waals surface area contributed by atoms with E-state index in [4.69, 9.17) is 5.73 Å². The third-order valence-electron chi connectivity index (χ3n) is 2.31. The van der Waals surface area contributed by atoms with Crippen LogP contribution < -0.4 is 5.73 Å². The Kier molecular flexibility index (Phi) is 3.19. The molecule has 0 fully saturated rings. The van der Waals surface area contributed by atoms with Crippen LogP contribution in [0.15, 0.2) is 35.4 Å². The molecule has 0 saturated carbocycles. The van der Waals surface area contributed by atoms with Gasteiger partial charge in [-0.25, -0.2) is 0 Å². The number of nitrogens with two attached hydrogens (primary N) is 1. The highest BCUT2D eigenvalue weighted by atomic mass is 32.2. The van der Waals surface area contributed by atoms with Gasteiger partial charge in [-0.2, -0.15) is 5.10 Å². The lowest BCUT2D eigenvalue weighted by Crippen LogP contribution is -1.92. The fourth-order valence-electron chi connectivity index (χ4n) is 1.46. The van der Waals surface area contributed by atoms with E-state index >= 15 is 0 Å². The van der Waals surface area contributed by atoms with E-state index in [1.807, 2.05) is 36.1 Å². The summed E-state index contributed by atoms with van der Waals surface area (Å²) in [5, 5.41) is 4.33. The molecule has 0 saturated heterocycles. The quantitative estimate of drug-likeness (QED) is 0.654. The smallest absolute Gasteiger partial charge is 0.0727 e. The van der Waals surface area contributed by atoms with Crippen molar-refractivity contribution in [3.05, 3.63) is 41.7 Å². The molecule has 2 aromatic rings. The number of hydrogen-bond acceptors (Lipinski definition) is 3. The fourth-order valence-corrected chi connectivity index (χ4v) is 2.42. The SMILES string of the molecule is Cc1ccc(N)c(SCc2ccn(C)n2)c1. The summed E-state index contributed by atoms with van der Waals surface area (Å²) in [7, 11) is 1.93. The van der Waals surface area contributed by atoms with Crippen molar-refractivity contribution in [3.63, 3.8) is 0 Å². The van der Waals surface area contributed by atoms with E-state index < -0.39 is 0 Å². The molecule has 3 nitrogen and oxygen atoms in total. The molecule has 4 heteroatoms. The number of nitrogen functional groups attached to an aromatic ring is 1. The van der Waals surface area contributed by atoms with E-state index in [1.165, 1.54) is 5.56 Å². The van der Waals surface area contributed by atoms with Crippen LogP contribution in [0.25, 0.3) is 0 Å². The maximum Gasteiger partial charge on any atom is 0.0727 e. The lowest BCUT2D eigenvalue weighted by Gasteiger charge is -2.05. The van der Waals surface area contributed by atoms with Crippen molar-refractivity contribution < 1.29 is 0 Å². The van der Waals surface area contributed by atoms with Crippen LogP contribution in [-0.2, 0) is 12.8 Å². The van der Waals surface area contributed by atoms with E-state index in [9.17, 15) is 0 Å². The molecular formula is C12H15N3S. The average Bonchev–Trinajstić information content (AvgIpc) is 2.66. The molecule has 84 valence electrons. The van der Waals surface area contributed by atoms with Gasteiger partial charge >= 0.3 is 0 Å². The standard InChI is InChI=1S/C12H15N3S/c1-9-3-4-11(13)12(7-9)16-8-10-5-6-15(2)14-10/h3-7H,8,13H2,1-2H3. The largest absolute Gasteiger partial charge is 0.398 e. The van der Waals surface area contributed by atoms with Gasteiger partial charge in [0.2, 0.25) is 0 Å². The number of hydrogen-bond donors (Lipinski definition) is 1. The van der Waals surface area contributed by atoms with Crippen molar-refractivity contribution in [2.45, 2.75) is 17.6 Å². The Hall–Kier alpha value is -1.42. The van der Waals surface area contributed by atoms with Gasteiger partial charge in [0.05, 0.1) is 5.69 Å². The Morgan fingerprint density at radius 2 is 2.19 bits per heavy atom. The average molecular weight is 233 g/mol. The highest BCUT2D eigenvalue weighted by Gasteiger charge is 2.02. The monoisotopic (exact) mass is 233 g/mol. The van der Waals surface area contributed by atoms with Crippen molar-refractivity contribution >= 4 is 17.4 Å². The first-order valence-corrected chi connectivity index (χ1v) is 6.11. The lowest BCUT2D eigenvalue weighted by molar-refractivity contribution is 0.755. The fraction of sp³-hybridized carbons (Fsp3) is 0.250. The van der Waals surface area contributed by atoms with Gasteiger partial charge in [-0.1, -0.05) is 6.07 Å². The minimum absolute atomic E-state index is 0.839. The van der Waals surface area contributed by atoms with Crippen LogP contribution in [0.2, 0.25) is 0 Å². The van der Waals surface area contributed by atoms with Crippen molar-refractivity contribution in [1.29, 1.82) is 0 Å². The van der Waals surface area contributed by atoms with Gasteiger partial charge in [0.25, 0.3) is 0 Å². The Balaban J connectivity index is 2.07. The van der Waals surface area contributed by atoms with Crippen LogP contribution in [0.3, 0.4) is 0 Å². The predicted octanol–water partition coefficient (Wildman–Crippen LogP) is 2.60. The van der Waals surface area contributed by atoms with Gasteiger partial charge in [-0.15, -0.1) is 11.8 Å². The molecule has 0 radical (unpaired) electrons. The first-order valence-electron chi connectivity index (χ1n) is 5.12. The highest BCUT2D eigenvalue weighted by Crippen LogP contribution is 2.28. The molecule has 1 aromatic carbocycles. The van der Waals surface area contributed by atoms with Crippen molar-refractivity contribution in [2.24, 2.45) is 7.05 Å². The molecule has 0 unspecified atom stereocenters. The molecule has 0 aliphatic rings. The molecule has 2 rings (SSSR count). The summed E-state index contributed by atoms with van der Waals surface area (Å²) in [6.07, 6.45) is 1.95. The van der Waals surface area contributed by atoms with E-state index in [0.29, 0.717) is 0 Å². The van der Waals surface area contributed by atoms with Gasteiger partial charge in [-0.3, -0.25) is 4.68 Å². The van der Waals surface area contributed by atoms with Crippen LogP contribution >= 0.6 is 11.8 Å². The third kappa shape index (κ3) is 2.58. The second-order valence-corrected chi connectivity index (χ2v) is 4.83. The summed E-state index contributed by atoms with van der Waals surface area (Å²) in [6, 6.07) is 8.12. The highest BCUT2D eigenvalue weighted by molar-refractivity contribution is 7.98. The molecule has 0 atom stereocenters. The number of aromatic nitrogens is 2. The van der Waals surface area contributed by atoms with E-state index in [1.54, 1.807) is 11.8 Å². The Bertz CT molecular complexity index is 491. The number of aryl methyl sites for hydroxylation is 2. The normalized spacial score (nSPS) is 10.6. The minimum Gasteiger partial charge on any atom is -0.398 e. The molecular weight excluding hydrogens is 218 g/mol. The van der Waals surface area contributed by atoms with Crippen molar-refractivity contribution in [3.8, 4) is 0 Å². The van der Waals surface area contributed by atoms with Crippen LogP contribution in [0, 0.1) is 6.92 Å². The summed E-state index contributed by atoms with van der Waals surface area (Å²) in [5.41, 5.74) is 9.06. The molecule has 1 aromatic heterocycles. The van der Waals surface area contributed by atoms with Crippen LogP contribution in [0.1, 0.15) is 11.3 Å². The van der Waals surface area contributed by atoms with Crippen LogP contribution in [0.4, 0.5) is 5.69 Å². The van der Waals surface area contributed by atoms with Crippen molar-refractivity contribution in [1.82, 2.24) is 9.78 Å². The zero-order valence-electron chi connectivity index (χ0n) is 9.47. The zero-order chi connectivity index (χ0) is 11.5. The van der Waals surface area contributed by atoms with Gasteiger partial charge in [-0.05, 0) is 30.7 Å². The molecule has 1 heterocycles. The Morgan fingerprint density at radius 3 is 2.88 bits per heavy atom. The summed E-state index contributed by atoms with van der Waals surface area (Å²) < 4.78 is 1.81. The summed E-state index contributed by atoms with van der Waals surface area (Å²) in [5.74, 6) is 0.856. The second-order valence-electron chi connectivity index (χ2n) is 3.81. The molecule has 0 aliphatic heterocycles. The molecule has 0 bridgehead atoms. The topological polar surface area (TPSA) is 43.8 Å².